The summed E-state index contributed by atoms with van der Waals surface area (Å²) in [6, 6.07) is 8.36. The van der Waals surface area contributed by atoms with Gasteiger partial charge in [-0.05, 0) is 30.5 Å². The van der Waals surface area contributed by atoms with Gasteiger partial charge in [-0.1, -0.05) is 30.3 Å². The zero-order chi connectivity index (χ0) is 8.97. The molecule has 0 amide bonds. The van der Waals surface area contributed by atoms with Gasteiger partial charge in [-0.2, -0.15) is 0 Å². The summed E-state index contributed by atoms with van der Waals surface area (Å²) in [4.78, 5) is 0. The van der Waals surface area contributed by atoms with Crippen molar-refractivity contribution < 1.29 is 0 Å². The fourth-order valence-electron chi connectivity index (χ4n) is 1.07. The van der Waals surface area contributed by atoms with Gasteiger partial charge < -0.3 is 5.73 Å². The lowest BCUT2D eigenvalue weighted by atomic mass is 10.1. The maximum Gasteiger partial charge on any atom is 0.0178 e. The first-order chi connectivity index (χ1) is 5.77. The molecule has 0 heterocycles. The lowest BCUT2D eigenvalue weighted by Crippen LogP contribution is -1.95. The van der Waals surface area contributed by atoms with Crippen LogP contribution in [-0.4, -0.2) is 0 Å². The normalized spacial score (nSPS) is 11.8. The van der Waals surface area contributed by atoms with Crippen LogP contribution in [0, 0.1) is 0 Å². The lowest BCUT2D eigenvalue weighted by molar-refractivity contribution is 1.07. The number of hydrogen-bond donors (Lipinski definition) is 1. The largest absolute Gasteiger partial charge is 0.326 e. The summed E-state index contributed by atoms with van der Waals surface area (Å²) < 4.78 is 0. The summed E-state index contributed by atoms with van der Waals surface area (Å²) in [7, 11) is 0. The molecule has 1 heteroatoms. The predicted molar refractivity (Wildman–Crippen MR) is 53.7 cm³/mol. The van der Waals surface area contributed by atoms with Gasteiger partial charge >= 0.3 is 0 Å². The fraction of sp³-hybridized carbons (Fsp3) is 0.273. The van der Waals surface area contributed by atoms with E-state index < -0.39 is 0 Å². The molecule has 0 saturated heterocycles. The zero-order valence-corrected chi connectivity index (χ0v) is 7.67. The number of allylic oxidation sites excluding steroid dienone is 2. The van der Waals surface area contributed by atoms with Crippen LogP contribution in [0.3, 0.4) is 0 Å². The van der Waals surface area contributed by atoms with Crippen molar-refractivity contribution in [3.05, 3.63) is 41.5 Å². The van der Waals surface area contributed by atoms with Crippen LogP contribution in [0.4, 0.5) is 0 Å². The molecule has 0 atom stereocenters. The van der Waals surface area contributed by atoms with Crippen LogP contribution in [0.2, 0.25) is 0 Å². The summed E-state index contributed by atoms with van der Waals surface area (Å²) >= 11 is 0. The molecular formula is C11H15N. The molecule has 0 unspecified atom stereocenters. The van der Waals surface area contributed by atoms with Crippen molar-refractivity contribution in [2.24, 2.45) is 5.73 Å². The van der Waals surface area contributed by atoms with E-state index in [0.29, 0.717) is 6.54 Å². The van der Waals surface area contributed by atoms with E-state index in [1.807, 2.05) is 6.92 Å². The number of rotatable bonds is 2. The van der Waals surface area contributed by atoms with E-state index in [1.54, 1.807) is 0 Å². The van der Waals surface area contributed by atoms with Crippen molar-refractivity contribution in [2.45, 2.75) is 20.4 Å². The first-order valence-corrected chi connectivity index (χ1v) is 4.20. The summed E-state index contributed by atoms with van der Waals surface area (Å²) in [6.45, 7) is 4.78. The molecule has 1 aromatic rings. The van der Waals surface area contributed by atoms with E-state index >= 15 is 0 Å². The highest BCUT2D eigenvalue weighted by atomic mass is 14.5. The van der Waals surface area contributed by atoms with E-state index in [1.165, 1.54) is 16.7 Å². The monoisotopic (exact) mass is 161 g/mol. The van der Waals surface area contributed by atoms with E-state index in [2.05, 4.69) is 37.3 Å². The fourth-order valence-corrected chi connectivity index (χ4v) is 1.07. The molecule has 0 fully saturated rings. The van der Waals surface area contributed by atoms with Crippen LogP contribution in [0.5, 0.6) is 0 Å². The number of benzene rings is 1. The summed E-state index contributed by atoms with van der Waals surface area (Å²) in [5.74, 6) is 0. The maximum absolute atomic E-state index is 5.49. The van der Waals surface area contributed by atoms with Crippen molar-refractivity contribution >= 4 is 5.57 Å². The van der Waals surface area contributed by atoms with E-state index in [9.17, 15) is 0 Å². The Morgan fingerprint density at radius 3 is 2.33 bits per heavy atom. The molecule has 2 N–H and O–H groups in total. The minimum Gasteiger partial charge on any atom is -0.326 e. The van der Waals surface area contributed by atoms with Gasteiger partial charge in [-0.15, -0.1) is 0 Å². The molecule has 0 aliphatic carbocycles. The first-order valence-electron chi connectivity index (χ1n) is 4.20. The van der Waals surface area contributed by atoms with Gasteiger partial charge in [-0.25, -0.2) is 0 Å². The Kier molecular flexibility index (Phi) is 3.06. The molecule has 0 spiro atoms. The third kappa shape index (κ3) is 1.95. The number of nitrogens with two attached hydrogens (primary N) is 1. The van der Waals surface area contributed by atoms with Crippen LogP contribution in [0.15, 0.2) is 30.3 Å². The Labute approximate surface area is 73.9 Å². The Balaban J connectivity index is 2.92. The topological polar surface area (TPSA) is 26.0 Å². The Morgan fingerprint density at radius 2 is 1.92 bits per heavy atom. The van der Waals surface area contributed by atoms with Crippen molar-refractivity contribution in [3.8, 4) is 0 Å². The average molecular weight is 161 g/mol. The highest BCUT2D eigenvalue weighted by molar-refractivity contribution is 5.63. The first kappa shape index (κ1) is 9.01. The molecule has 12 heavy (non-hydrogen) atoms. The van der Waals surface area contributed by atoms with Gasteiger partial charge in [0.15, 0.2) is 0 Å². The molecule has 1 aromatic carbocycles. The summed E-state index contributed by atoms with van der Waals surface area (Å²) in [6.07, 6.45) is 2.11. The average Bonchev–Trinajstić information content (AvgIpc) is 2.17. The van der Waals surface area contributed by atoms with Gasteiger partial charge in [0.25, 0.3) is 0 Å². The molecular weight excluding hydrogens is 146 g/mol. The third-order valence-corrected chi connectivity index (χ3v) is 2.08. The lowest BCUT2D eigenvalue weighted by Gasteiger charge is -2.01. The van der Waals surface area contributed by atoms with Crippen molar-refractivity contribution in [1.82, 2.24) is 0 Å². The molecule has 0 aromatic heterocycles. The van der Waals surface area contributed by atoms with Crippen LogP contribution in [0.25, 0.3) is 5.57 Å². The minimum atomic E-state index is 0.620. The van der Waals surface area contributed by atoms with Crippen LogP contribution in [-0.2, 0) is 6.54 Å². The van der Waals surface area contributed by atoms with Gasteiger partial charge in [0.1, 0.15) is 0 Å². The molecule has 1 nitrogen and oxygen atoms in total. The highest BCUT2D eigenvalue weighted by Crippen LogP contribution is 2.13. The Morgan fingerprint density at radius 1 is 1.33 bits per heavy atom. The molecule has 0 aliphatic rings. The second-order valence-electron chi connectivity index (χ2n) is 2.87. The second kappa shape index (κ2) is 4.07. The second-order valence-corrected chi connectivity index (χ2v) is 2.87. The van der Waals surface area contributed by atoms with Gasteiger partial charge in [0.05, 0.1) is 0 Å². The summed E-state index contributed by atoms with van der Waals surface area (Å²) in [5, 5.41) is 0. The van der Waals surface area contributed by atoms with Crippen molar-refractivity contribution in [2.75, 3.05) is 0 Å². The molecule has 64 valence electrons. The van der Waals surface area contributed by atoms with E-state index in [4.69, 9.17) is 5.73 Å². The molecule has 0 bridgehead atoms. The Hall–Kier alpha value is -1.08. The highest BCUT2D eigenvalue weighted by Gasteiger charge is 1.93. The molecule has 0 saturated carbocycles. The summed E-state index contributed by atoms with van der Waals surface area (Å²) in [5.41, 5.74) is 9.25. The van der Waals surface area contributed by atoms with E-state index in [-0.39, 0.29) is 0 Å². The van der Waals surface area contributed by atoms with Crippen LogP contribution < -0.4 is 5.73 Å². The quantitative estimate of drug-likeness (QED) is 0.708. The van der Waals surface area contributed by atoms with Crippen molar-refractivity contribution in [1.29, 1.82) is 0 Å². The van der Waals surface area contributed by atoms with Crippen LogP contribution in [0.1, 0.15) is 25.0 Å². The predicted octanol–water partition coefficient (Wildman–Crippen LogP) is 2.57. The van der Waals surface area contributed by atoms with Crippen LogP contribution >= 0.6 is 0 Å². The SMILES string of the molecule is CC=C(C)c1ccc(CN)cc1. The van der Waals surface area contributed by atoms with Crippen molar-refractivity contribution in [3.63, 3.8) is 0 Å². The molecule has 1 rings (SSSR count). The minimum absolute atomic E-state index is 0.620. The van der Waals surface area contributed by atoms with E-state index in [0.717, 1.165) is 0 Å². The number of hydrogen-bond acceptors (Lipinski definition) is 1. The third-order valence-electron chi connectivity index (χ3n) is 2.08. The zero-order valence-electron chi connectivity index (χ0n) is 7.67. The van der Waals surface area contributed by atoms with Gasteiger partial charge in [0, 0.05) is 6.54 Å². The molecule has 0 radical (unpaired) electrons. The maximum atomic E-state index is 5.49. The Bertz CT molecular complexity index is 270. The standard InChI is InChI=1S/C11H15N/c1-3-9(2)11-6-4-10(8-12)5-7-11/h3-7H,8,12H2,1-2H3. The smallest absolute Gasteiger partial charge is 0.0178 e. The van der Waals surface area contributed by atoms with Gasteiger partial charge in [0.2, 0.25) is 0 Å². The van der Waals surface area contributed by atoms with Gasteiger partial charge in [-0.3, -0.25) is 0 Å². The molecule has 0 aliphatic heterocycles.